The van der Waals surface area contributed by atoms with Crippen LogP contribution in [0.5, 0.6) is 0 Å². The van der Waals surface area contributed by atoms with Crippen molar-refractivity contribution in [2.24, 2.45) is 0 Å². The van der Waals surface area contributed by atoms with E-state index in [0.717, 1.165) is 18.4 Å². The number of ether oxygens (including phenoxy) is 2. The second-order valence-electron chi connectivity index (χ2n) is 10.9. The Balaban J connectivity index is 2.04. The summed E-state index contributed by atoms with van der Waals surface area (Å²) >= 11 is 0. The van der Waals surface area contributed by atoms with Crippen molar-refractivity contribution in [1.82, 2.24) is 20.9 Å². The third-order valence-electron chi connectivity index (χ3n) is 5.50. The first-order chi connectivity index (χ1) is 17.4. The third kappa shape index (κ3) is 7.69. The first-order valence-electron chi connectivity index (χ1n) is 12.5. The molecule has 0 saturated heterocycles. The molecule has 9 heteroatoms. The van der Waals surface area contributed by atoms with Crippen molar-refractivity contribution in [1.29, 1.82) is 0 Å². The minimum atomic E-state index is -1.19. The topological polar surface area (TPSA) is 102 Å². The summed E-state index contributed by atoms with van der Waals surface area (Å²) in [7, 11) is 0. The maximum Gasteiger partial charge on any atom is 0.430 e. The summed E-state index contributed by atoms with van der Waals surface area (Å²) in [5.74, 6) is 0. The Labute approximate surface area is 219 Å². The number of hydrogen-bond donors (Lipinski definition) is 2. The van der Waals surface area contributed by atoms with Gasteiger partial charge in [0.1, 0.15) is 16.7 Å². The summed E-state index contributed by atoms with van der Waals surface area (Å²) in [6, 6.07) is 13.4. The average Bonchev–Trinajstić information content (AvgIpc) is 2.82. The highest BCUT2D eigenvalue weighted by atomic mass is 16.6. The molecule has 200 valence electrons. The van der Waals surface area contributed by atoms with E-state index < -0.39 is 28.9 Å². The molecule has 0 aliphatic heterocycles. The number of aromatic nitrogens is 1. The van der Waals surface area contributed by atoms with Crippen LogP contribution >= 0.6 is 0 Å². The van der Waals surface area contributed by atoms with Crippen LogP contribution in [0.15, 0.2) is 66.6 Å². The molecule has 1 aromatic carbocycles. The molecule has 3 rings (SSSR count). The summed E-state index contributed by atoms with van der Waals surface area (Å²) in [6.45, 7) is 10.9. The Morgan fingerprint density at radius 2 is 1.70 bits per heavy atom. The fourth-order valence-electron chi connectivity index (χ4n) is 4.07. The predicted octanol–water partition coefficient (Wildman–Crippen LogP) is 5.74. The van der Waals surface area contributed by atoms with E-state index in [1.54, 1.807) is 60.0 Å². The normalized spacial score (nSPS) is 17.8. The first-order valence-corrected chi connectivity index (χ1v) is 12.5. The molecule has 1 unspecified atom stereocenters. The molecule has 37 heavy (non-hydrogen) atoms. The molecular formula is C28H38N4O5. The molecule has 0 saturated carbocycles. The van der Waals surface area contributed by atoms with Crippen LogP contribution in [0.2, 0.25) is 0 Å². The molecule has 0 radical (unpaired) electrons. The van der Waals surface area contributed by atoms with E-state index >= 15 is 0 Å². The van der Waals surface area contributed by atoms with Gasteiger partial charge in [0.25, 0.3) is 0 Å². The molecule has 0 fully saturated rings. The van der Waals surface area contributed by atoms with Crippen LogP contribution in [0.25, 0.3) is 0 Å². The predicted molar refractivity (Wildman–Crippen MR) is 140 cm³/mol. The summed E-state index contributed by atoms with van der Waals surface area (Å²) in [5, 5.41) is 1.20. The lowest BCUT2D eigenvalue weighted by Crippen LogP contribution is -2.62. The molecule has 1 heterocycles. The SMILES string of the molecule is CC(C)(C)OC(=O)NN(C(=O)OC(C)(C)C)C1(c2cccnc2)CCCC=C1NOCc1ccccc1. The molecule has 1 aromatic heterocycles. The number of carbonyl (C=O) groups is 2. The molecule has 0 spiro atoms. The molecule has 2 amide bonds. The van der Waals surface area contributed by atoms with Crippen LogP contribution in [0.4, 0.5) is 9.59 Å². The largest absolute Gasteiger partial charge is 0.443 e. The zero-order chi connectivity index (χ0) is 27.1. The van der Waals surface area contributed by atoms with Crippen molar-refractivity contribution in [3.63, 3.8) is 0 Å². The zero-order valence-electron chi connectivity index (χ0n) is 22.5. The van der Waals surface area contributed by atoms with Gasteiger partial charge in [-0.2, -0.15) is 5.01 Å². The van der Waals surface area contributed by atoms with E-state index in [1.807, 2.05) is 42.5 Å². The highest BCUT2D eigenvalue weighted by molar-refractivity contribution is 5.76. The van der Waals surface area contributed by atoms with Gasteiger partial charge in [0.2, 0.25) is 0 Å². The van der Waals surface area contributed by atoms with E-state index in [-0.39, 0.29) is 0 Å². The number of benzene rings is 1. The summed E-state index contributed by atoms with van der Waals surface area (Å²) in [5.41, 5.74) is 5.22. The molecule has 1 aliphatic rings. The van der Waals surface area contributed by atoms with Gasteiger partial charge in [-0.05, 0) is 72.4 Å². The Morgan fingerprint density at radius 3 is 2.32 bits per heavy atom. The van der Waals surface area contributed by atoms with E-state index in [2.05, 4.69) is 15.9 Å². The fourth-order valence-corrected chi connectivity index (χ4v) is 4.07. The number of pyridine rings is 1. The Kier molecular flexibility index (Phi) is 8.81. The van der Waals surface area contributed by atoms with Gasteiger partial charge in [-0.3, -0.25) is 15.3 Å². The van der Waals surface area contributed by atoms with Crippen molar-refractivity contribution >= 4 is 12.2 Å². The smallest absolute Gasteiger partial charge is 0.430 e. The lowest BCUT2D eigenvalue weighted by Gasteiger charge is -2.46. The lowest BCUT2D eigenvalue weighted by atomic mass is 9.78. The van der Waals surface area contributed by atoms with Crippen LogP contribution in [-0.4, -0.2) is 33.4 Å². The molecule has 1 atom stereocenters. The Morgan fingerprint density at radius 1 is 1.00 bits per heavy atom. The number of hydroxylamine groups is 1. The minimum absolute atomic E-state index is 0.299. The molecule has 1 aliphatic carbocycles. The monoisotopic (exact) mass is 510 g/mol. The second-order valence-corrected chi connectivity index (χ2v) is 10.9. The van der Waals surface area contributed by atoms with Crippen molar-refractivity contribution in [3.05, 3.63) is 77.8 Å². The number of carbonyl (C=O) groups excluding carboxylic acids is 2. The maximum absolute atomic E-state index is 13.7. The number of hydrazine groups is 1. The van der Waals surface area contributed by atoms with E-state index in [1.165, 1.54) is 5.01 Å². The number of nitrogens with zero attached hydrogens (tertiary/aromatic N) is 2. The fraction of sp³-hybridized carbons (Fsp3) is 0.464. The van der Waals surface area contributed by atoms with Gasteiger partial charge < -0.3 is 9.47 Å². The quantitative estimate of drug-likeness (QED) is 0.478. The second kappa shape index (κ2) is 11.6. The van der Waals surface area contributed by atoms with Crippen LogP contribution in [-0.2, 0) is 26.5 Å². The lowest BCUT2D eigenvalue weighted by molar-refractivity contribution is -0.0424. The van der Waals surface area contributed by atoms with E-state index in [4.69, 9.17) is 14.3 Å². The molecule has 9 nitrogen and oxygen atoms in total. The summed E-state index contributed by atoms with van der Waals surface area (Å²) in [6.07, 6.45) is 5.75. The van der Waals surface area contributed by atoms with Crippen molar-refractivity contribution < 1.29 is 23.9 Å². The van der Waals surface area contributed by atoms with Gasteiger partial charge >= 0.3 is 12.2 Å². The maximum atomic E-state index is 13.7. The number of allylic oxidation sites excluding steroid dienone is 1. The van der Waals surface area contributed by atoms with Crippen molar-refractivity contribution in [2.45, 2.75) is 84.2 Å². The first kappa shape index (κ1) is 28.0. The van der Waals surface area contributed by atoms with Gasteiger partial charge in [-0.25, -0.2) is 15.0 Å². The van der Waals surface area contributed by atoms with Crippen LogP contribution in [0.3, 0.4) is 0 Å². The highest BCUT2D eigenvalue weighted by Gasteiger charge is 2.49. The molecular weight excluding hydrogens is 472 g/mol. The molecule has 0 bridgehead atoms. The standard InChI is InChI=1S/C28H38N4O5/c1-26(2,3)36-24(33)30-32(25(34)37-27(4,5)6)28(22-15-12-18-29-19-22)17-11-10-16-23(28)31-35-20-21-13-8-7-9-14-21/h7-9,12-16,18-19,31H,10-11,17,20H2,1-6H3,(H,30,33). The molecule has 2 aromatic rings. The van der Waals surface area contributed by atoms with E-state index in [0.29, 0.717) is 24.3 Å². The summed E-state index contributed by atoms with van der Waals surface area (Å²) < 4.78 is 11.3. The van der Waals surface area contributed by atoms with Gasteiger partial charge in [0.15, 0.2) is 0 Å². The minimum Gasteiger partial charge on any atom is -0.443 e. The van der Waals surface area contributed by atoms with Crippen molar-refractivity contribution in [2.75, 3.05) is 0 Å². The Hall–Kier alpha value is -3.59. The average molecular weight is 511 g/mol. The van der Waals surface area contributed by atoms with Gasteiger partial charge in [-0.1, -0.05) is 42.5 Å². The van der Waals surface area contributed by atoms with E-state index in [9.17, 15) is 9.59 Å². The third-order valence-corrected chi connectivity index (χ3v) is 5.50. The number of nitrogens with one attached hydrogen (secondary N) is 2. The van der Waals surface area contributed by atoms with Crippen molar-refractivity contribution in [3.8, 4) is 0 Å². The van der Waals surface area contributed by atoms with Crippen LogP contribution in [0, 0.1) is 0 Å². The molecule has 2 N–H and O–H groups in total. The summed E-state index contributed by atoms with van der Waals surface area (Å²) in [4.78, 5) is 36.9. The van der Waals surface area contributed by atoms with Gasteiger partial charge in [0.05, 0.1) is 12.3 Å². The zero-order valence-corrected chi connectivity index (χ0v) is 22.5. The van der Waals surface area contributed by atoms with Gasteiger partial charge in [-0.15, -0.1) is 0 Å². The highest BCUT2D eigenvalue weighted by Crippen LogP contribution is 2.42. The van der Waals surface area contributed by atoms with Crippen LogP contribution in [0.1, 0.15) is 71.9 Å². The number of amides is 2. The number of hydrogen-bond acceptors (Lipinski definition) is 7. The van der Waals surface area contributed by atoms with Gasteiger partial charge in [0, 0.05) is 18.0 Å². The van der Waals surface area contributed by atoms with Crippen LogP contribution < -0.4 is 10.9 Å². The number of rotatable bonds is 6. The Bertz CT molecular complexity index is 1080.